The molecule has 0 aliphatic heterocycles. The van der Waals surface area contributed by atoms with Crippen LogP contribution in [0.25, 0.3) is 22.3 Å². The van der Waals surface area contributed by atoms with E-state index in [0.717, 1.165) is 25.7 Å². The third-order valence-electron chi connectivity index (χ3n) is 6.05. The smallest absolute Gasteiger partial charge is 0.341 e. The van der Waals surface area contributed by atoms with Crippen molar-refractivity contribution < 1.29 is 14.6 Å². The molecule has 0 bridgehead atoms. The van der Waals surface area contributed by atoms with Gasteiger partial charge in [0, 0.05) is 17.8 Å². The SMILES string of the molecule is CCOC(=O)c1cnc2ccc(-c3cc(Cl)c(O)c(Cl)c3)nc2c1NC1CCC(CN)CC1. The van der Waals surface area contributed by atoms with Crippen molar-refractivity contribution in [2.75, 3.05) is 18.5 Å². The van der Waals surface area contributed by atoms with E-state index in [1.165, 1.54) is 6.20 Å². The molecule has 2 aromatic heterocycles. The lowest BCUT2D eigenvalue weighted by Gasteiger charge is -2.29. The number of carbonyl (C=O) groups is 1. The predicted octanol–water partition coefficient (Wildman–Crippen LogP) is 5.42. The molecule has 1 saturated carbocycles. The molecule has 0 saturated heterocycles. The Bertz CT molecular complexity index is 1160. The number of benzene rings is 1. The van der Waals surface area contributed by atoms with Crippen molar-refractivity contribution in [2.24, 2.45) is 11.7 Å². The molecule has 3 aromatic rings. The van der Waals surface area contributed by atoms with Crippen LogP contribution >= 0.6 is 23.2 Å². The normalized spacial score (nSPS) is 18.3. The third-order valence-corrected chi connectivity index (χ3v) is 6.63. The zero-order chi connectivity index (χ0) is 23.5. The van der Waals surface area contributed by atoms with Gasteiger partial charge in [-0.3, -0.25) is 4.98 Å². The van der Waals surface area contributed by atoms with E-state index in [1.807, 2.05) is 6.07 Å². The van der Waals surface area contributed by atoms with Crippen molar-refractivity contribution in [3.8, 4) is 17.0 Å². The summed E-state index contributed by atoms with van der Waals surface area (Å²) in [5, 5.41) is 13.7. The number of ether oxygens (including phenoxy) is 1. The molecule has 174 valence electrons. The molecular formula is C24H26Cl2N4O3. The van der Waals surface area contributed by atoms with Crippen molar-refractivity contribution >= 4 is 45.9 Å². The lowest BCUT2D eigenvalue weighted by atomic mass is 9.86. The summed E-state index contributed by atoms with van der Waals surface area (Å²) >= 11 is 12.2. The average Bonchev–Trinajstić information content (AvgIpc) is 2.82. The highest BCUT2D eigenvalue weighted by Gasteiger charge is 2.24. The van der Waals surface area contributed by atoms with Gasteiger partial charge in [-0.2, -0.15) is 0 Å². The summed E-state index contributed by atoms with van der Waals surface area (Å²) in [6, 6.07) is 7.02. The van der Waals surface area contributed by atoms with Crippen LogP contribution < -0.4 is 11.1 Å². The second-order valence-electron chi connectivity index (χ2n) is 8.22. The molecule has 0 atom stereocenters. The number of phenols is 1. The quantitative estimate of drug-likeness (QED) is 0.397. The van der Waals surface area contributed by atoms with Crippen LogP contribution in [0.2, 0.25) is 10.0 Å². The summed E-state index contributed by atoms with van der Waals surface area (Å²) in [7, 11) is 0. The van der Waals surface area contributed by atoms with Crippen molar-refractivity contribution in [1.29, 1.82) is 0 Å². The van der Waals surface area contributed by atoms with Gasteiger partial charge < -0.3 is 20.9 Å². The first kappa shape index (κ1) is 23.5. The molecule has 1 aliphatic rings. The Hall–Kier alpha value is -2.61. The Morgan fingerprint density at radius 2 is 1.91 bits per heavy atom. The van der Waals surface area contributed by atoms with E-state index < -0.39 is 5.97 Å². The fourth-order valence-electron chi connectivity index (χ4n) is 4.20. The summed E-state index contributed by atoms with van der Waals surface area (Å²) < 4.78 is 5.27. The van der Waals surface area contributed by atoms with Gasteiger partial charge in [0.1, 0.15) is 11.1 Å². The van der Waals surface area contributed by atoms with E-state index in [0.29, 0.717) is 46.0 Å². The van der Waals surface area contributed by atoms with Crippen LogP contribution in [-0.2, 0) is 4.74 Å². The Morgan fingerprint density at radius 3 is 2.55 bits per heavy atom. The van der Waals surface area contributed by atoms with Gasteiger partial charge in [-0.15, -0.1) is 0 Å². The van der Waals surface area contributed by atoms with Gasteiger partial charge in [0.05, 0.1) is 33.6 Å². The zero-order valence-electron chi connectivity index (χ0n) is 18.3. The third kappa shape index (κ3) is 5.00. The van der Waals surface area contributed by atoms with Crippen molar-refractivity contribution in [3.05, 3.63) is 46.1 Å². The number of hydrogen-bond acceptors (Lipinski definition) is 7. The average molecular weight is 489 g/mol. The number of hydrogen-bond donors (Lipinski definition) is 3. The second-order valence-corrected chi connectivity index (χ2v) is 9.03. The fraction of sp³-hybridized carbons (Fsp3) is 0.375. The maximum Gasteiger partial charge on any atom is 0.341 e. The van der Waals surface area contributed by atoms with Gasteiger partial charge >= 0.3 is 5.97 Å². The number of rotatable bonds is 6. The van der Waals surface area contributed by atoms with Crippen molar-refractivity contribution in [3.63, 3.8) is 0 Å². The summed E-state index contributed by atoms with van der Waals surface area (Å²) in [5.74, 6) is -0.0898. The largest absolute Gasteiger partial charge is 0.505 e. The number of fused-ring (bicyclic) bond motifs is 1. The van der Waals surface area contributed by atoms with Gasteiger partial charge in [-0.25, -0.2) is 9.78 Å². The molecule has 0 radical (unpaired) electrons. The fourth-order valence-corrected chi connectivity index (χ4v) is 4.68. The monoisotopic (exact) mass is 488 g/mol. The van der Waals surface area contributed by atoms with E-state index in [-0.39, 0.29) is 28.4 Å². The highest BCUT2D eigenvalue weighted by Crippen LogP contribution is 2.37. The number of carbonyl (C=O) groups excluding carboxylic acids is 1. The van der Waals surface area contributed by atoms with Crippen LogP contribution in [0.3, 0.4) is 0 Å². The van der Waals surface area contributed by atoms with E-state index >= 15 is 0 Å². The predicted molar refractivity (Wildman–Crippen MR) is 131 cm³/mol. The number of phenolic OH excluding ortho intramolecular Hbond substituents is 1. The molecule has 1 aliphatic carbocycles. The van der Waals surface area contributed by atoms with Crippen molar-refractivity contribution in [1.82, 2.24) is 9.97 Å². The molecule has 0 amide bonds. The minimum atomic E-state index is -0.451. The van der Waals surface area contributed by atoms with Crippen LogP contribution in [0.5, 0.6) is 5.75 Å². The van der Waals surface area contributed by atoms with Gasteiger partial charge in [0.15, 0.2) is 5.75 Å². The van der Waals surface area contributed by atoms with Crippen molar-refractivity contribution in [2.45, 2.75) is 38.6 Å². The first-order valence-electron chi connectivity index (χ1n) is 11.0. The Morgan fingerprint density at radius 1 is 1.21 bits per heavy atom. The van der Waals surface area contributed by atoms with E-state index in [1.54, 1.807) is 25.1 Å². The topological polar surface area (TPSA) is 110 Å². The van der Waals surface area contributed by atoms with Gasteiger partial charge in [0.25, 0.3) is 0 Å². The number of nitrogens with two attached hydrogens (primary N) is 1. The molecular weight excluding hydrogens is 463 g/mol. The number of nitrogens with zero attached hydrogens (tertiary/aromatic N) is 2. The summed E-state index contributed by atoms with van der Waals surface area (Å²) in [6.07, 6.45) is 5.52. The number of esters is 1. The number of halogens is 2. The summed E-state index contributed by atoms with van der Waals surface area (Å²) in [5.41, 5.74) is 9.21. The number of nitrogens with one attached hydrogen (secondary N) is 1. The highest BCUT2D eigenvalue weighted by molar-refractivity contribution is 6.37. The van der Waals surface area contributed by atoms with Crippen LogP contribution in [0.1, 0.15) is 43.0 Å². The summed E-state index contributed by atoms with van der Waals surface area (Å²) in [4.78, 5) is 22.0. The second kappa shape index (κ2) is 10.1. The molecule has 4 rings (SSSR count). The minimum Gasteiger partial charge on any atom is -0.505 e. The molecule has 0 unspecified atom stereocenters. The molecule has 1 aromatic carbocycles. The van der Waals surface area contributed by atoms with Gasteiger partial charge in [0.2, 0.25) is 0 Å². The Kier molecular flexibility index (Phi) is 7.22. The van der Waals surface area contributed by atoms with Gasteiger partial charge in [-0.05, 0) is 69.3 Å². The molecule has 4 N–H and O–H groups in total. The highest BCUT2D eigenvalue weighted by atomic mass is 35.5. The van der Waals surface area contributed by atoms with Gasteiger partial charge in [-0.1, -0.05) is 23.2 Å². The Balaban J connectivity index is 1.80. The molecule has 7 nitrogen and oxygen atoms in total. The number of aromatic nitrogens is 2. The maximum atomic E-state index is 12.7. The minimum absolute atomic E-state index is 0.132. The maximum absolute atomic E-state index is 12.7. The molecule has 2 heterocycles. The molecule has 0 spiro atoms. The van der Waals surface area contributed by atoms with Crippen LogP contribution in [0.15, 0.2) is 30.5 Å². The molecule has 33 heavy (non-hydrogen) atoms. The number of anilines is 1. The van der Waals surface area contributed by atoms with E-state index in [9.17, 15) is 9.90 Å². The van der Waals surface area contributed by atoms with E-state index in [4.69, 9.17) is 38.7 Å². The van der Waals surface area contributed by atoms with Crippen LogP contribution in [-0.4, -0.2) is 40.2 Å². The lowest BCUT2D eigenvalue weighted by Crippen LogP contribution is -2.30. The zero-order valence-corrected chi connectivity index (χ0v) is 19.8. The number of aromatic hydroxyl groups is 1. The lowest BCUT2D eigenvalue weighted by molar-refractivity contribution is 0.0527. The standard InChI is InChI=1S/C24H26Cl2N4O3/c1-2-33-24(32)16-12-28-20-8-7-19(14-9-17(25)23(31)18(26)10-14)30-22(20)21(16)29-15-5-3-13(11-27)4-6-15/h7-10,12-13,15,31H,2-6,11,27H2,1H3,(H,28,29). The summed E-state index contributed by atoms with van der Waals surface area (Å²) in [6.45, 7) is 2.72. The molecule has 1 fully saturated rings. The van der Waals surface area contributed by atoms with Crippen LogP contribution in [0.4, 0.5) is 5.69 Å². The first-order chi connectivity index (χ1) is 15.9. The first-order valence-corrected chi connectivity index (χ1v) is 11.8. The van der Waals surface area contributed by atoms with E-state index in [2.05, 4.69) is 10.3 Å². The molecule has 9 heteroatoms. The number of pyridine rings is 2. The Labute approximate surface area is 202 Å². The van der Waals surface area contributed by atoms with Crippen LogP contribution in [0, 0.1) is 5.92 Å².